The van der Waals surface area contributed by atoms with Crippen molar-refractivity contribution in [3.8, 4) is 0 Å². The van der Waals surface area contributed by atoms with Gasteiger partial charge in [-0.25, -0.2) is 0 Å². The topological polar surface area (TPSA) is 41.1 Å². The van der Waals surface area contributed by atoms with E-state index in [1.807, 2.05) is 23.9 Å². The molecule has 4 heteroatoms. The smallest absolute Gasteiger partial charge is 0.224 e. The van der Waals surface area contributed by atoms with Crippen molar-refractivity contribution in [1.29, 1.82) is 0 Å². The van der Waals surface area contributed by atoms with Crippen LogP contribution >= 0.6 is 11.8 Å². The number of hydrogen-bond acceptors (Lipinski definition) is 3. The van der Waals surface area contributed by atoms with Crippen LogP contribution in [0.15, 0.2) is 18.2 Å². The third-order valence-electron chi connectivity index (χ3n) is 3.00. The molecule has 98 valence electrons. The van der Waals surface area contributed by atoms with Gasteiger partial charge >= 0.3 is 0 Å². The van der Waals surface area contributed by atoms with Crippen LogP contribution in [0.5, 0.6) is 0 Å². The first-order chi connectivity index (χ1) is 8.79. The molecule has 0 aliphatic carbocycles. The van der Waals surface area contributed by atoms with Crippen molar-refractivity contribution in [1.82, 2.24) is 0 Å². The van der Waals surface area contributed by atoms with Crippen molar-refractivity contribution in [3.63, 3.8) is 0 Å². The summed E-state index contributed by atoms with van der Waals surface area (Å²) in [5.74, 6) is 2.53. The third kappa shape index (κ3) is 3.67. The molecule has 0 fully saturated rings. The van der Waals surface area contributed by atoms with Crippen molar-refractivity contribution in [3.05, 3.63) is 23.8 Å². The lowest BCUT2D eigenvalue weighted by molar-refractivity contribution is -0.116. The molecule has 1 aliphatic heterocycles. The number of anilines is 2. The molecule has 0 radical (unpaired) electrons. The van der Waals surface area contributed by atoms with E-state index in [-0.39, 0.29) is 5.91 Å². The lowest BCUT2D eigenvalue weighted by Crippen LogP contribution is -2.19. The van der Waals surface area contributed by atoms with E-state index in [0.717, 1.165) is 24.3 Å². The second-order valence-electron chi connectivity index (χ2n) is 4.40. The average molecular weight is 264 g/mol. The van der Waals surface area contributed by atoms with Crippen LogP contribution in [0.2, 0.25) is 0 Å². The van der Waals surface area contributed by atoms with Gasteiger partial charge in [0.05, 0.1) is 0 Å². The zero-order chi connectivity index (χ0) is 12.8. The summed E-state index contributed by atoms with van der Waals surface area (Å²) in [5, 5.41) is 6.34. The Hall–Kier alpha value is -1.16. The van der Waals surface area contributed by atoms with Gasteiger partial charge < -0.3 is 10.6 Å². The van der Waals surface area contributed by atoms with Crippen molar-refractivity contribution in [2.45, 2.75) is 26.2 Å². The minimum atomic E-state index is 0.125. The number of fused-ring (bicyclic) bond motifs is 1. The zero-order valence-corrected chi connectivity index (χ0v) is 11.6. The lowest BCUT2D eigenvalue weighted by atomic mass is 10.0. The van der Waals surface area contributed by atoms with Gasteiger partial charge in [-0.2, -0.15) is 11.8 Å². The van der Waals surface area contributed by atoms with E-state index in [4.69, 9.17) is 0 Å². The van der Waals surface area contributed by atoms with E-state index >= 15 is 0 Å². The molecule has 18 heavy (non-hydrogen) atoms. The highest BCUT2D eigenvalue weighted by molar-refractivity contribution is 7.99. The summed E-state index contributed by atoms with van der Waals surface area (Å²) in [5.41, 5.74) is 3.37. The van der Waals surface area contributed by atoms with Gasteiger partial charge in [-0.1, -0.05) is 6.92 Å². The summed E-state index contributed by atoms with van der Waals surface area (Å²) < 4.78 is 0. The van der Waals surface area contributed by atoms with Crippen molar-refractivity contribution in [2.24, 2.45) is 0 Å². The van der Waals surface area contributed by atoms with Gasteiger partial charge in [0.1, 0.15) is 0 Å². The first-order valence-electron chi connectivity index (χ1n) is 6.54. The lowest BCUT2D eigenvalue weighted by Gasteiger charge is -2.18. The standard InChI is InChI=1S/C14H20N2OS/c1-2-18-9-3-8-15-12-5-6-13-11(10-12)4-7-14(17)16-13/h5-6,10,15H,2-4,7-9H2,1H3,(H,16,17). The van der Waals surface area contributed by atoms with Gasteiger partial charge in [0.25, 0.3) is 0 Å². The zero-order valence-electron chi connectivity index (χ0n) is 10.8. The second kappa shape index (κ2) is 6.69. The van der Waals surface area contributed by atoms with Crippen LogP contribution in [0.3, 0.4) is 0 Å². The number of nitrogens with one attached hydrogen (secondary N) is 2. The molecule has 1 aromatic rings. The summed E-state index contributed by atoms with van der Waals surface area (Å²) in [7, 11) is 0. The molecule has 1 aliphatic rings. The maximum absolute atomic E-state index is 11.3. The third-order valence-corrected chi connectivity index (χ3v) is 3.99. The van der Waals surface area contributed by atoms with E-state index in [1.54, 1.807) is 0 Å². The Labute approximate surface area is 113 Å². The molecule has 1 amide bonds. The maximum Gasteiger partial charge on any atom is 0.224 e. The molecule has 1 aromatic carbocycles. The Balaban J connectivity index is 1.85. The van der Waals surface area contributed by atoms with Gasteiger partial charge in [0.2, 0.25) is 5.91 Å². The van der Waals surface area contributed by atoms with Gasteiger partial charge in [-0.05, 0) is 48.1 Å². The number of carbonyl (C=O) groups excluding carboxylic acids is 1. The fraction of sp³-hybridized carbons (Fsp3) is 0.500. The molecule has 2 N–H and O–H groups in total. The van der Waals surface area contributed by atoms with Crippen LogP contribution in [-0.2, 0) is 11.2 Å². The summed E-state index contributed by atoms with van der Waals surface area (Å²) in [4.78, 5) is 11.3. The summed E-state index contributed by atoms with van der Waals surface area (Å²) in [6, 6.07) is 6.19. The summed E-state index contributed by atoms with van der Waals surface area (Å²) in [6.45, 7) is 3.20. The fourth-order valence-corrected chi connectivity index (χ4v) is 2.68. The SMILES string of the molecule is CCSCCCNc1ccc2c(c1)CCC(=O)N2. The van der Waals surface area contributed by atoms with Gasteiger partial charge in [-0.3, -0.25) is 4.79 Å². The summed E-state index contributed by atoms with van der Waals surface area (Å²) >= 11 is 1.98. The van der Waals surface area contributed by atoms with E-state index in [9.17, 15) is 4.79 Å². The molecule has 1 heterocycles. The van der Waals surface area contributed by atoms with Crippen molar-refractivity contribution in [2.75, 3.05) is 28.7 Å². The highest BCUT2D eigenvalue weighted by Gasteiger charge is 2.14. The van der Waals surface area contributed by atoms with Crippen LogP contribution in [-0.4, -0.2) is 24.0 Å². The van der Waals surface area contributed by atoms with Crippen LogP contribution < -0.4 is 10.6 Å². The fourth-order valence-electron chi connectivity index (χ4n) is 2.04. The molecular weight excluding hydrogens is 244 g/mol. The highest BCUT2D eigenvalue weighted by Crippen LogP contribution is 2.25. The number of hydrogen-bond donors (Lipinski definition) is 2. The van der Waals surface area contributed by atoms with Crippen molar-refractivity contribution >= 4 is 29.0 Å². The molecule has 0 unspecified atom stereocenters. The number of carbonyl (C=O) groups is 1. The molecule has 0 bridgehead atoms. The first kappa shape index (κ1) is 13.3. The molecule has 0 saturated carbocycles. The number of amides is 1. The second-order valence-corrected chi connectivity index (χ2v) is 5.79. The Kier molecular flexibility index (Phi) is 4.93. The Bertz CT molecular complexity index is 420. The van der Waals surface area contributed by atoms with Crippen LogP contribution in [0.1, 0.15) is 25.3 Å². The maximum atomic E-state index is 11.3. The Morgan fingerprint density at radius 3 is 3.11 bits per heavy atom. The van der Waals surface area contributed by atoms with Gasteiger partial charge in [0, 0.05) is 24.3 Å². The molecule has 0 spiro atoms. The minimum absolute atomic E-state index is 0.125. The number of rotatable bonds is 6. The van der Waals surface area contributed by atoms with Crippen molar-refractivity contribution < 1.29 is 4.79 Å². The van der Waals surface area contributed by atoms with E-state index in [0.29, 0.717) is 6.42 Å². The predicted octanol–water partition coefficient (Wildman–Crippen LogP) is 3.13. The molecular formula is C14H20N2OS. The largest absolute Gasteiger partial charge is 0.385 e. The summed E-state index contributed by atoms with van der Waals surface area (Å²) in [6.07, 6.45) is 2.64. The predicted molar refractivity (Wildman–Crippen MR) is 79.5 cm³/mol. The van der Waals surface area contributed by atoms with Gasteiger partial charge in [-0.15, -0.1) is 0 Å². The average Bonchev–Trinajstić information content (AvgIpc) is 2.38. The minimum Gasteiger partial charge on any atom is -0.385 e. The highest BCUT2D eigenvalue weighted by atomic mass is 32.2. The number of aryl methyl sites for hydroxylation is 1. The monoisotopic (exact) mass is 264 g/mol. The first-order valence-corrected chi connectivity index (χ1v) is 7.69. The Morgan fingerprint density at radius 2 is 2.28 bits per heavy atom. The van der Waals surface area contributed by atoms with Gasteiger partial charge in [0.15, 0.2) is 0 Å². The quantitative estimate of drug-likeness (QED) is 0.776. The molecule has 2 rings (SSSR count). The van der Waals surface area contributed by atoms with E-state index in [2.05, 4.69) is 23.6 Å². The normalized spacial score (nSPS) is 13.9. The molecule has 0 saturated heterocycles. The molecule has 0 atom stereocenters. The number of benzene rings is 1. The van der Waals surface area contributed by atoms with Crippen LogP contribution in [0.4, 0.5) is 11.4 Å². The molecule has 3 nitrogen and oxygen atoms in total. The van der Waals surface area contributed by atoms with Crippen LogP contribution in [0.25, 0.3) is 0 Å². The van der Waals surface area contributed by atoms with E-state index in [1.165, 1.54) is 23.5 Å². The van der Waals surface area contributed by atoms with E-state index < -0.39 is 0 Å². The van der Waals surface area contributed by atoms with Crippen LogP contribution in [0, 0.1) is 0 Å². The molecule has 0 aromatic heterocycles. The Morgan fingerprint density at radius 1 is 1.39 bits per heavy atom. The number of thioether (sulfide) groups is 1.